The van der Waals surface area contributed by atoms with Crippen molar-refractivity contribution in [2.24, 2.45) is 0 Å². The van der Waals surface area contributed by atoms with E-state index in [-0.39, 0.29) is 0 Å². The topological polar surface area (TPSA) is 95.0 Å². The summed E-state index contributed by atoms with van der Waals surface area (Å²) >= 11 is 0. The van der Waals surface area contributed by atoms with Crippen LogP contribution in [0.5, 0.6) is 0 Å². The second-order valence-corrected chi connectivity index (χ2v) is 7.35. The molecular formula is C21H42N6O. The van der Waals surface area contributed by atoms with Gasteiger partial charge in [0, 0.05) is 26.2 Å². The van der Waals surface area contributed by atoms with E-state index in [1.165, 1.54) is 32.1 Å². The van der Waals surface area contributed by atoms with Crippen LogP contribution < -0.4 is 16.0 Å². The molecule has 0 saturated heterocycles. The number of nitrogens with zero attached hydrogens (tertiary/aromatic N) is 3. The van der Waals surface area contributed by atoms with Crippen LogP contribution in [0.15, 0.2) is 0 Å². The first kappa shape index (κ1) is 24.4. The summed E-state index contributed by atoms with van der Waals surface area (Å²) in [7, 11) is 0. The molecule has 0 amide bonds. The summed E-state index contributed by atoms with van der Waals surface area (Å²) in [4.78, 5) is 13.5. The third kappa shape index (κ3) is 12.7. The highest BCUT2D eigenvalue weighted by atomic mass is 16.2. The average molecular weight is 395 g/mol. The molecule has 0 spiro atoms. The molecule has 0 fully saturated rings. The van der Waals surface area contributed by atoms with E-state index in [1.54, 1.807) is 0 Å². The third-order valence-corrected chi connectivity index (χ3v) is 4.63. The van der Waals surface area contributed by atoms with Crippen molar-refractivity contribution >= 4 is 17.8 Å². The van der Waals surface area contributed by atoms with Crippen molar-refractivity contribution in [1.29, 1.82) is 0 Å². The van der Waals surface area contributed by atoms with Crippen molar-refractivity contribution in [2.45, 2.75) is 90.9 Å². The standard InChI is InChI=1S/C21H42N6O/c1-3-5-15-22-19-25-20(23-16-6-4-2)27-21(26-19)24-17-13-11-9-7-8-10-12-14-18-28/h28H,3-18H2,1-2H3,(H3,22,23,24,25,26,27). The molecule has 162 valence electrons. The second-order valence-electron chi connectivity index (χ2n) is 7.35. The highest BCUT2D eigenvalue weighted by Crippen LogP contribution is 2.11. The number of aliphatic hydroxyl groups excluding tert-OH is 1. The lowest BCUT2D eigenvalue weighted by molar-refractivity contribution is 0.282. The fourth-order valence-electron chi connectivity index (χ4n) is 2.86. The maximum absolute atomic E-state index is 8.77. The number of nitrogens with one attached hydrogen (secondary N) is 3. The van der Waals surface area contributed by atoms with Crippen LogP contribution in [-0.4, -0.2) is 46.3 Å². The Labute approximate surface area is 171 Å². The lowest BCUT2D eigenvalue weighted by atomic mass is 10.1. The van der Waals surface area contributed by atoms with Gasteiger partial charge in [-0.15, -0.1) is 0 Å². The van der Waals surface area contributed by atoms with E-state index in [4.69, 9.17) is 5.11 Å². The Kier molecular flexibility index (Phi) is 15.2. The number of rotatable bonds is 19. The molecule has 1 rings (SSSR count). The maximum Gasteiger partial charge on any atom is 0.229 e. The minimum atomic E-state index is 0.328. The van der Waals surface area contributed by atoms with Crippen molar-refractivity contribution in [1.82, 2.24) is 15.0 Å². The number of aromatic nitrogens is 3. The van der Waals surface area contributed by atoms with Crippen LogP contribution in [0, 0.1) is 0 Å². The van der Waals surface area contributed by atoms with Gasteiger partial charge in [0.1, 0.15) is 0 Å². The lowest BCUT2D eigenvalue weighted by Crippen LogP contribution is -2.14. The van der Waals surface area contributed by atoms with Gasteiger partial charge in [-0.3, -0.25) is 0 Å². The number of anilines is 3. The summed E-state index contributed by atoms with van der Waals surface area (Å²) < 4.78 is 0. The fourth-order valence-corrected chi connectivity index (χ4v) is 2.86. The second kappa shape index (κ2) is 17.5. The zero-order chi connectivity index (χ0) is 20.3. The van der Waals surface area contributed by atoms with Crippen molar-refractivity contribution in [3.8, 4) is 0 Å². The van der Waals surface area contributed by atoms with E-state index >= 15 is 0 Å². The summed E-state index contributed by atoms with van der Waals surface area (Å²) in [5.74, 6) is 1.94. The molecule has 1 heterocycles. The molecule has 0 unspecified atom stereocenters. The van der Waals surface area contributed by atoms with E-state index in [0.717, 1.165) is 64.6 Å². The predicted octanol–water partition coefficient (Wildman–Crippen LogP) is 4.82. The molecule has 0 aromatic carbocycles. The summed E-state index contributed by atoms with van der Waals surface area (Å²) in [5.41, 5.74) is 0. The average Bonchev–Trinajstić information content (AvgIpc) is 2.70. The Morgan fingerprint density at radius 1 is 0.536 bits per heavy atom. The van der Waals surface area contributed by atoms with Gasteiger partial charge >= 0.3 is 0 Å². The monoisotopic (exact) mass is 394 g/mol. The van der Waals surface area contributed by atoms with Crippen LogP contribution in [0.2, 0.25) is 0 Å². The van der Waals surface area contributed by atoms with Crippen molar-refractivity contribution in [2.75, 3.05) is 42.2 Å². The van der Waals surface area contributed by atoms with Crippen molar-refractivity contribution < 1.29 is 5.11 Å². The van der Waals surface area contributed by atoms with Gasteiger partial charge in [0.25, 0.3) is 0 Å². The molecule has 0 aliphatic carbocycles. The Bertz CT molecular complexity index is 458. The molecular weight excluding hydrogens is 352 g/mol. The van der Waals surface area contributed by atoms with Gasteiger partial charge < -0.3 is 21.1 Å². The van der Waals surface area contributed by atoms with Gasteiger partial charge in [-0.05, 0) is 25.7 Å². The molecule has 0 radical (unpaired) electrons. The third-order valence-electron chi connectivity index (χ3n) is 4.63. The zero-order valence-corrected chi connectivity index (χ0v) is 18.1. The largest absolute Gasteiger partial charge is 0.396 e. The minimum absolute atomic E-state index is 0.328. The number of hydrogen-bond acceptors (Lipinski definition) is 7. The summed E-state index contributed by atoms with van der Waals surface area (Å²) in [6, 6.07) is 0. The minimum Gasteiger partial charge on any atom is -0.396 e. The normalized spacial score (nSPS) is 10.8. The van der Waals surface area contributed by atoms with E-state index < -0.39 is 0 Å². The van der Waals surface area contributed by atoms with Gasteiger partial charge in [-0.25, -0.2) is 0 Å². The summed E-state index contributed by atoms with van der Waals surface area (Å²) in [6.07, 6.45) is 14.0. The first-order valence-corrected chi connectivity index (χ1v) is 11.4. The quantitative estimate of drug-likeness (QED) is 0.250. The fraction of sp³-hybridized carbons (Fsp3) is 0.857. The van der Waals surface area contributed by atoms with Crippen molar-refractivity contribution in [3.63, 3.8) is 0 Å². The number of aliphatic hydroxyl groups is 1. The first-order valence-electron chi connectivity index (χ1n) is 11.4. The Hall–Kier alpha value is -1.63. The zero-order valence-electron chi connectivity index (χ0n) is 18.1. The van der Waals surface area contributed by atoms with Crippen LogP contribution in [0.1, 0.15) is 90.9 Å². The molecule has 0 aliphatic rings. The van der Waals surface area contributed by atoms with E-state index in [1.807, 2.05) is 0 Å². The predicted molar refractivity (Wildman–Crippen MR) is 119 cm³/mol. The summed E-state index contributed by atoms with van der Waals surface area (Å²) in [6.45, 7) is 7.33. The maximum atomic E-state index is 8.77. The van der Waals surface area contributed by atoms with Crippen LogP contribution in [0.3, 0.4) is 0 Å². The van der Waals surface area contributed by atoms with E-state index in [2.05, 4.69) is 44.7 Å². The van der Waals surface area contributed by atoms with Crippen molar-refractivity contribution in [3.05, 3.63) is 0 Å². The molecule has 0 bridgehead atoms. The Morgan fingerprint density at radius 3 is 1.29 bits per heavy atom. The Morgan fingerprint density at radius 2 is 0.893 bits per heavy atom. The van der Waals surface area contributed by atoms with Gasteiger partial charge in [0.15, 0.2) is 0 Å². The lowest BCUT2D eigenvalue weighted by Gasteiger charge is -2.11. The highest BCUT2D eigenvalue weighted by Gasteiger charge is 2.06. The SMILES string of the molecule is CCCCNc1nc(NCCCC)nc(NCCCCCCCCCCO)n1. The molecule has 0 aliphatic heterocycles. The van der Waals surface area contributed by atoms with Gasteiger partial charge in [-0.2, -0.15) is 15.0 Å². The molecule has 0 saturated carbocycles. The van der Waals surface area contributed by atoms with Gasteiger partial charge in [-0.1, -0.05) is 65.2 Å². The van der Waals surface area contributed by atoms with Crippen LogP contribution in [0.4, 0.5) is 17.8 Å². The van der Waals surface area contributed by atoms with Crippen LogP contribution in [-0.2, 0) is 0 Å². The van der Waals surface area contributed by atoms with E-state index in [0.29, 0.717) is 24.5 Å². The smallest absolute Gasteiger partial charge is 0.229 e. The van der Waals surface area contributed by atoms with Crippen LogP contribution in [0.25, 0.3) is 0 Å². The molecule has 7 nitrogen and oxygen atoms in total. The Balaban J connectivity index is 2.32. The molecule has 7 heteroatoms. The summed E-state index contributed by atoms with van der Waals surface area (Å²) in [5, 5.41) is 18.7. The number of hydrogen-bond donors (Lipinski definition) is 4. The molecule has 28 heavy (non-hydrogen) atoms. The van der Waals surface area contributed by atoms with Crippen LogP contribution >= 0.6 is 0 Å². The van der Waals surface area contributed by atoms with Gasteiger partial charge in [0.2, 0.25) is 17.8 Å². The molecule has 4 N–H and O–H groups in total. The van der Waals surface area contributed by atoms with Gasteiger partial charge in [0.05, 0.1) is 0 Å². The molecule has 0 atom stereocenters. The van der Waals surface area contributed by atoms with E-state index in [9.17, 15) is 0 Å². The first-order chi connectivity index (χ1) is 13.8. The highest BCUT2D eigenvalue weighted by molar-refractivity contribution is 5.42. The molecule has 1 aromatic rings. The molecule has 1 aromatic heterocycles. The number of unbranched alkanes of at least 4 members (excludes halogenated alkanes) is 9.